The second-order valence-corrected chi connectivity index (χ2v) is 5.92. The topological polar surface area (TPSA) is 44.5 Å². The standard InChI is InChI=1S/C15H12BrClFNO2/c16-11-5-8(18)1-2-9(11)15(19)10-6-13-14(7-12(10)17)21-4-3-20-13/h1-2,5-7,15H,3-4,19H2. The van der Waals surface area contributed by atoms with Gasteiger partial charge in [-0.15, -0.1) is 0 Å². The summed E-state index contributed by atoms with van der Waals surface area (Å²) in [7, 11) is 0. The van der Waals surface area contributed by atoms with Crippen LogP contribution in [0.15, 0.2) is 34.8 Å². The third-order valence-electron chi connectivity index (χ3n) is 3.29. The molecular weight excluding hydrogens is 361 g/mol. The lowest BCUT2D eigenvalue weighted by Gasteiger charge is -2.22. The summed E-state index contributed by atoms with van der Waals surface area (Å²) in [6.45, 7) is 0.988. The summed E-state index contributed by atoms with van der Waals surface area (Å²) in [6, 6.07) is 7.35. The molecule has 110 valence electrons. The quantitative estimate of drug-likeness (QED) is 0.864. The second kappa shape index (κ2) is 5.83. The highest BCUT2D eigenvalue weighted by molar-refractivity contribution is 9.10. The van der Waals surface area contributed by atoms with E-state index in [1.165, 1.54) is 12.1 Å². The molecule has 1 heterocycles. The molecule has 2 N–H and O–H groups in total. The van der Waals surface area contributed by atoms with E-state index >= 15 is 0 Å². The van der Waals surface area contributed by atoms with Crippen LogP contribution >= 0.6 is 27.5 Å². The molecule has 0 spiro atoms. The van der Waals surface area contributed by atoms with E-state index in [1.54, 1.807) is 18.2 Å². The van der Waals surface area contributed by atoms with Crippen LogP contribution in [0, 0.1) is 5.82 Å². The predicted molar refractivity (Wildman–Crippen MR) is 82.6 cm³/mol. The van der Waals surface area contributed by atoms with Crippen molar-refractivity contribution in [1.82, 2.24) is 0 Å². The molecule has 0 bridgehead atoms. The molecule has 0 saturated heterocycles. The summed E-state index contributed by atoms with van der Waals surface area (Å²) in [6.07, 6.45) is 0. The smallest absolute Gasteiger partial charge is 0.162 e. The van der Waals surface area contributed by atoms with E-state index in [2.05, 4.69) is 15.9 Å². The van der Waals surface area contributed by atoms with Crippen LogP contribution < -0.4 is 15.2 Å². The Bertz CT molecular complexity index is 696. The first-order chi connectivity index (χ1) is 10.1. The molecule has 6 heteroatoms. The Labute approximate surface area is 134 Å². The fraction of sp³-hybridized carbons (Fsp3) is 0.200. The average molecular weight is 373 g/mol. The van der Waals surface area contributed by atoms with Crippen LogP contribution in [-0.2, 0) is 0 Å². The highest BCUT2D eigenvalue weighted by atomic mass is 79.9. The highest BCUT2D eigenvalue weighted by Gasteiger charge is 2.21. The molecule has 2 aromatic rings. The molecule has 3 nitrogen and oxygen atoms in total. The Hall–Kier alpha value is -1.30. The number of nitrogens with two attached hydrogens (primary N) is 1. The van der Waals surface area contributed by atoms with Gasteiger partial charge in [0.2, 0.25) is 0 Å². The molecule has 1 atom stereocenters. The van der Waals surface area contributed by atoms with Crippen molar-refractivity contribution in [2.75, 3.05) is 13.2 Å². The first-order valence-corrected chi connectivity index (χ1v) is 7.53. The van der Waals surface area contributed by atoms with Gasteiger partial charge in [-0.3, -0.25) is 0 Å². The monoisotopic (exact) mass is 371 g/mol. The van der Waals surface area contributed by atoms with Gasteiger partial charge in [-0.1, -0.05) is 33.6 Å². The summed E-state index contributed by atoms with van der Waals surface area (Å²) in [4.78, 5) is 0. The zero-order valence-corrected chi connectivity index (χ0v) is 13.2. The van der Waals surface area contributed by atoms with Crippen molar-refractivity contribution < 1.29 is 13.9 Å². The maximum absolute atomic E-state index is 13.2. The van der Waals surface area contributed by atoms with Gasteiger partial charge in [0.05, 0.1) is 6.04 Å². The van der Waals surface area contributed by atoms with E-state index in [4.69, 9.17) is 26.8 Å². The molecule has 2 aromatic carbocycles. The molecule has 0 fully saturated rings. The number of hydrogen-bond donors (Lipinski definition) is 1. The predicted octanol–water partition coefficient (Wildman–Crippen LogP) is 4.06. The van der Waals surface area contributed by atoms with Crippen molar-refractivity contribution in [3.05, 3.63) is 56.8 Å². The minimum absolute atomic E-state index is 0.328. The summed E-state index contributed by atoms with van der Waals surface area (Å²) in [5.41, 5.74) is 7.72. The molecule has 3 rings (SSSR count). The molecule has 1 unspecified atom stereocenters. The Morgan fingerprint density at radius 3 is 2.43 bits per heavy atom. The second-order valence-electron chi connectivity index (χ2n) is 4.66. The third-order valence-corrected chi connectivity index (χ3v) is 4.31. The van der Waals surface area contributed by atoms with Gasteiger partial charge in [-0.2, -0.15) is 0 Å². The average Bonchev–Trinajstić information content (AvgIpc) is 2.46. The van der Waals surface area contributed by atoms with Gasteiger partial charge >= 0.3 is 0 Å². The number of benzene rings is 2. The maximum atomic E-state index is 13.2. The lowest BCUT2D eigenvalue weighted by Crippen LogP contribution is -2.18. The van der Waals surface area contributed by atoms with Crippen LogP contribution in [0.4, 0.5) is 4.39 Å². The van der Waals surface area contributed by atoms with Gasteiger partial charge in [0, 0.05) is 15.6 Å². The van der Waals surface area contributed by atoms with Gasteiger partial charge in [-0.05, 0) is 29.3 Å². The molecule has 1 aliphatic rings. The molecule has 1 aliphatic heterocycles. The summed E-state index contributed by atoms with van der Waals surface area (Å²) < 4.78 is 24.8. The van der Waals surface area contributed by atoms with Crippen molar-refractivity contribution in [1.29, 1.82) is 0 Å². The summed E-state index contributed by atoms with van der Waals surface area (Å²) in [5.74, 6) is 0.904. The van der Waals surface area contributed by atoms with Crippen LogP contribution in [0.3, 0.4) is 0 Å². The zero-order chi connectivity index (χ0) is 15.0. The number of hydrogen-bond acceptors (Lipinski definition) is 3. The fourth-order valence-corrected chi connectivity index (χ4v) is 3.11. The van der Waals surface area contributed by atoms with Gasteiger partial charge < -0.3 is 15.2 Å². The van der Waals surface area contributed by atoms with Gasteiger partial charge in [0.25, 0.3) is 0 Å². The van der Waals surface area contributed by atoms with Crippen LogP contribution in [0.25, 0.3) is 0 Å². The molecule has 0 aliphatic carbocycles. The van der Waals surface area contributed by atoms with Crippen LogP contribution in [0.2, 0.25) is 5.02 Å². The SMILES string of the molecule is NC(c1cc2c(cc1Cl)OCCO2)c1ccc(F)cc1Br. The molecular formula is C15H12BrClFNO2. The van der Waals surface area contributed by atoms with Gasteiger partial charge in [0.15, 0.2) is 11.5 Å². The molecule has 0 amide bonds. The van der Waals surface area contributed by atoms with Crippen molar-refractivity contribution in [2.45, 2.75) is 6.04 Å². The van der Waals surface area contributed by atoms with Crippen LogP contribution in [0.5, 0.6) is 11.5 Å². The normalized spacial score (nSPS) is 14.9. The van der Waals surface area contributed by atoms with Gasteiger partial charge in [-0.25, -0.2) is 4.39 Å². The number of rotatable bonds is 2. The van der Waals surface area contributed by atoms with Crippen molar-refractivity contribution in [3.63, 3.8) is 0 Å². The number of fused-ring (bicyclic) bond motifs is 1. The Balaban J connectivity index is 2.03. The summed E-state index contributed by atoms with van der Waals surface area (Å²) >= 11 is 9.61. The van der Waals surface area contributed by atoms with E-state index < -0.39 is 6.04 Å². The van der Waals surface area contributed by atoms with Gasteiger partial charge in [0.1, 0.15) is 19.0 Å². The number of ether oxygens (including phenoxy) is 2. The van der Waals surface area contributed by atoms with Crippen molar-refractivity contribution >= 4 is 27.5 Å². The van der Waals surface area contributed by atoms with Crippen molar-refractivity contribution in [3.8, 4) is 11.5 Å². The van der Waals surface area contributed by atoms with Crippen molar-refractivity contribution in [2.24, 2.45) is 5.73 Å². The minimum atomic E-state index is -0.497. The number of halogens is 3. The zero-order valence-electron chi connectivity index (χ0n) is 10.9. The minimum Gasteiger partial charge on any atom is -0.486 e. The first kappa shape index (κ1) is 14.6. The Morgan fingerprint density at radius 1 is 1.10 bits per heavy atom. The van der Waals surface area contributed by atoms with E-state index in [9.17, 15) is 4.39 Å². The van der Waals surface area contributed by atoms with Crippen LogP contribution in [0.1, 0.15) is 17.2 Å². The van der Waals surface area contributed by atoms with E-state index in [1.807, 2.05) is 0 Å². The third kappa shape index (κ3) is 2.86. The van der Waals surface area contributed by atoms with E-state index in [0.29, 0.717) is 39.8 Å². The Kier molecular flexibility index (Phi) is 4.06. The molecule has 0 aromatic heterocycles. The summed E-state index contributed by atoms with van der Waals surface area (Å²) in [5, 5.41) is 0.489. The first-order valence-electron chi connectivity index (χ1n) is 6.36. The van der Waals surface area contributed by atoms with E-state index in [-0.39, 0.29) is 5.82 Å². The Morgan fingerprint density at radius 2 is 1.76 bits per heavy atom. The fourth-order valence-electron chi connectivity index (χ4n) is 2.24. The van der Waals surface area contributed by atoms with Crippen LogP contribution in [-0.4, -0.2) is 13.2 Å². The maximum Gasteiger partial charge on any atom is 0.162 e. The lowest BCUT2D eigenvalue weighted by molar-refractivity contribution is 0.171. The largest absolute Gasteiger partial charge is 0.486 e. The van der Waals surface area contributed by atoms with E-state index in [0.717, 1.165) is 5.56 Å². The lowest BCUT2D eigenvalue weighted by atomic mass is 9.99. The molecule has 0 radical (unpaired) electrons. The molecule has 21 heavy (non-hydrogen) atoms. The molecule has 0 saturated carbocycles. The highest BCUT2D eigenvalue weighted by Crippen LogP contribution is 2.39.